The number of benzene rings is 1. The summed E-state index contributed by atoms with van der Waals surface area (Å²) in [6, 6.07) is 10.4. The van der Waals surface area contributed by atoms with E-state index < -0.39 is 30.1 Å². The van der Waals surface area contributed by atoms with Crippen molar-refractivity contribution < 1.29 is 13.9 Å². The first-order valence-electron chi connectivity index (χ1n) is 15.0. The highest BCUT2D eigenvalue weighted by molar-refractivity contribution is 6.34. The van der Waals surface area contributed by atoms with Gasteiger partial charge >= 0.3 is 11.8 Å². The Morgan fingerprint density at radius 2 is 1.93 bits per heavy atom. The molecule has 1 saturated heterocycles. The van der Waals surface area contributed by atoms with Gasteiger partial charge in [0.05, 0.1) is 33.5 Å². The minimum atomic E-state index is -0.781. The molecule has 0 unspecified atom stereocenters. The van der Waals surface area contributed by atoms with Gasteiger partial charge in [-0.2, -0.15) is 4.98 Å². The summed E-state index contributed by atoms with van der Waals surface area (Å²) in [5, 5.41) is 0.808. The van der Waals surface area contributed by atoms with Gasteiger partial charge in [0.2, 0.25) is 0 Å². The fraction of sp³-hybridized carbons (Fsp3) is 0.382. The van der Waals surface area contributed by atoms with Crippen molar-refractivity contribution in [3.63, 3.8) is 0 Å². The zero-order chi connectivity index (χ0) is 32.6. The van der Waals surface area contributed by atoms with Crippen molar-refractivity contribution in [2.45, 2.75) is 59.1 Å². The number of nitrogens with zero attached hydrogens (tertiary/aromatic N) is 6. The van der Waals surface area contributed by atoms with Crippen LogP contribution in [0.25, 0.3) is 34.1 Å². The van der Waals surface area contributed by atoms with E-state index in [1.54, 1.807) is 44.0 Å². The predicted molar refractivity (Wildman–Crippen MR) is 177 cm³/mol. The Balaban J connectivity index is 1.75. The minimum absolute atomic E-state index is 0.00774. The number of anilines is 1. The van der Waals surface area contributed by atoms with Gasteiger partial charge in [0, 0.05) is 31.4 Å². The molecule has 3 aromatic heterocycles. The maximum atomic E-state index is 14.7. The van der Waals surface area contributed by atoms with Crippen LogP contribution in [0.4, 0.5) is 15.0 Å². The first-order chi connectivity index (χ1) is 21.3. The highest BCUT2D eigenvalue weighted by Gasteiger charge is 2.35. The summed E-state index contributed by atoms with van der Waals surface area (Å²) in [7, 11) is 0. The molecule has 1 aliphatic rings. The molecule has 1 aliphatic heterocycles. The number of aryl methyl sites for hydroxylation is 1. The van der Waals surface area contributed by atoms with Gasteiger partial charge in [0.1, 0.15) is 18.1 Å². The topological polar surface area (TPSA) is 93.5 Å². The lowest BCUT2D eigenvalue weighted by molar-refractivity contribution is 0.0208. The van der Waals surface area contributed by atoms with Crippen LogP contribution in [0.5, 0.6) is 0 Å². The fourth-order valence-electron chi connectivity index (χ4n) is 5.65. The lowest BCUT2D eigenvalue weighted by atomic mass is 10.0. The van der Waals surface area contributed by atoms with Gasteiger partial charge in [0.15, 0.2) is 5.65 Å². The third-order valence-electron chi connectivity index (χ3n) is 7.75. The highest BCUT2D eigenvalue weighted by Crippen LogP contribution is 2.37. The van der Waals surface area contributed by atoms with Gasteiger partial charge in [-0.05, 0) is 56.9 Å². The van der Waals surface area contributed by atoms with Gasteiger partial charge in [-0.1, -0.05) is 62.4 Å². The van der Waals surface area contributed by atoms with Crippen LogP contribution >= 0.6 is 11.6 Å². The number of ether oxygens (including phenoxy) is 1. The molecule has 0 bridgehead atoms. The molecule has 0 spiro atoms. The van der Waals surface area contributed by atoms with E-state index in [1.807, 2.05) is 51.1 Å². The Labute approximate surface area is 267 Å². The number of fused-ring (bicyclic) bond motifs is 1. The first-order valence-corrected chi connectivity index (χ1v) is 15.3. The zero-order valence-corrected chi connectivity index (χ0v) is 27.2. The SMILES string of the molecule is C=Cc1ccccc1-c1nc2c(cc1Cl)c(N1CCN(C(=O)OC(C)(C)C)C[C@@H]1CF)nc(=O)n2-c1c(C)ccnc1C(C)C. The lowest BCUT2D eigenvalue weighted by Gasteiger charge is -2.41. The number of carbonyl (C=O) groups excluding carboxylic acids is 1. The number of alkyl halides is 1. The molecule has 4 heterocycles. The molecule has 0 aliphatic carbocycles. The molecule has 1 amide bonds. The minimum Gasteiger partial charge on any atom is -0.444 e. The summed E-state index contributed by atoms with van der Waals surface area (Å²) in [6.07, 6.45) is 2.92. The second kappa shape index (κ2) is 12.6. The molecule has 1 fully saturated rings. The summed E-state index contributed by atoms with van der Waals surface area (Å²) < 4.78 is 21.7. The first kappa shape index (κ1) is 32.1. The maximum absolute atomic E-state index is 14.7. The van der Waals surface area contributed by atoms with Crippen molar-refractivity contribution in [1.29, 1.82) is 0 Å². The van der Waals surface area contributed by atoms with Crippen LogP contribution in [0.2, 0.25) is 5.02 Å². The molecule has 4 aromatic rings. The molecule has 236 valence electrons. The van der Waals surface area contributed by atoms with Crippen LogP contribution in [0, 0.1) is 6.92 Å². The normalized spacial score (nSPS) is 15.5. The predicted octanol–water partition coefficient (Wildman–Crippen LogP) is 6.97. The molecule has 11 heteroatoms. The number of piperazine rings is 1. The molecule has 0 radical (unpaired) electrons. The standard InChI is InChI=1S/C34H38ClFN6O3/c1-8-22-11-9-10-12-24(22)28-26(35)17-25-30(41-16-15-40(19-23(41)18-36)33(44)45-34(5,6)7)39-32(43)42(31(25)38-28)29-21(4)13-14-37-27(29)20(2)3/h8-14,17,20,23H,1,15-16,18-19H2,2-7H3/t23-/m0/s1. The van der Waals surface area contributed by atoms with Crippen molar-refractivity contribution in [3.8, 4) is 16.9 Å². The van der Waals surface area contributed by atoms with Crippen molar-refractivity contribution in [3.05, 3.63) is 81.5 Å². The van der Waals surface area contributed by atoms with Crippen LogP contribution in [0.3, 0.4) is 0 Å². The van der Waals surface area contributed by atoms with Gasteiger partial charge in [0.25, 0.3) is 0 Å². The van der Waals surface area contributed by atoms with E-state index in [0.717, 1.165) is 16.7 Å². The number of carbonyl (C=O) groups is 1. The van der Waals surface area contributed by atoms with E-state index in [2.05, 4.69) is 16.5 Å². The molecule has 5 rings (SSSR count). The number of rotatable bonds is 6. The summed E-state index contributed by atoms with van der Waals surface area (Å²) in [5.41, 5.74) is 3.21. The van der Waals surface area contributed by atoms with E-state index in [0.29, 0.717) is 33.1 Å². The number of halogens is 2. The number of hydrogen-bond donors (Lipinski definition) is 0. The third-order valence-corrected chi connectivity index (χ3v) is 8.03. The summed E-state index contributed by atoms with van der Waals surface area (Å²) in [4.78, 5) is 44.4. The Kier molecular flexibility index (Phi) is 8.98. The van der Waals surface area contributed by atoms with Crippen molar-refractivity contribution in [1.82, 2.24) is 24.4 Å². The quantitative estimate of drug-likeness (QED) is 0.227. The van der Waals surface area contributed by atoms with Crippen LogP contribution in [0.15, 0.2) is 54.0 Å². The van der Waals surface area contributed by atoms with Crippen LogP contribution in [-0.4, -0.2) is 68.5 Å². The van der Waals surface area contributed by atoms with E-state index in [1.165, 1.54) is 9.47 Å². The van der Waals surface area contributed by atoms with Gasteiger partial charge in [-0.15, -0.1) is 0 Å². The van der Waals surface area contributed by atoms with Crippen molar-refractivity contribution in [2.75, 3.05) is 31.2 Å². The fourth-order valence-corrected chi connectivity index (χ4v) is 5.90. The van der Waals surface area contributed by atoms with Crippen molar-refractivity contribution in [2.24, 2.45) is 0 Å². The Hall–Kier alpha value is -4.31. The maximum Gasteiger partial charge on any atom is 0.410 e. The van der Waals surface area contributed by atoms with Crippen LogP contribution < -0.4 is 10.6 Å². The zero-order valence-electron chi connectivity index (χ0n) is 26.5. The number of aromatic nitrogens is 4. The van der Waals surface area contributed by atoms with E-state index in [-0.39, 0.29) is 31.4 Å². The molecule has 1 aromatic carbocycles. The third kappa shape index (κ3) is 6.29. The number of amides is 1. The van der Waals surface area contributed by atoms with Crippen LogP contribution in [0.1, 0.15) is 57.4 Å². The number of pyridine rings is 2. The van der Waals surface area contributed by atoms with E-state index >= 15 is 0 Å². The molecular weight excluding hydrogens is 595 g/mol. The Bertz CT molecular complexity index is 1830. The smallest absolute Gasteiger partial charge is 0.410 e. The summed E-state index contributed by atoms with van der Waals surface area (Å²) in [6.45, 7) is 15.0. The monoisotopic (exact) mass is 632 g/mol. The molecule has 0 N–H and O–H groups in total. The van der Waals surface area contributed by atoms with Gasteiger partial charge in [-0.25, -0.2) is 23.5 Å². The van der Waals surface area contributed by atoms with Gasteiger partial charge in [-0.3, -0.25) is 4.98 Å². The largest absolute Gasteiger partial charge is 0.444 e. The second-order valence-electron chi connectivity index (χ2n) is 12.5. The molecule has 45 heavy (non-hydrogen) atoms. The average Bonchev–Trinajstić information content (AvgIpc) is 2.99. The lowest BCUT2D eigenvalue weighted by Crippen LogP contribution is -2.57. The van der Waals surface area contributed by atoms with Crippen LogP contribution in [-0.2, 0) is 4.74 Å². The highest BCUT2D eigenvalue weighted by atomic mass is 35.5. The van der Waals surface area contributed by atoms with E-state index in [9.17, 15) is 14.0 Å². The molecule has 9 nitrogen and oxygen atoms in total. The average molecular weight is 633 g/mol. The molecule has 0 saturated carbocycles. The summed E-state index contributed by atoms with van der Waals surface area (Å²) in [5.74, 6) is 0.245. The molecular formula is C34H38ClFN6O3. The Morgan fingerprint density at radius 3 is 2.60 bits per heavy atom. The second-order valence-corrected chi connectivity index (χ2v) is 12.9. The molecule has 1 atom stereocenters. The van der Waals surface area contributed by atoms with Crippen molar-refractivity contribution >= 4 is 40.6 Å². The number of hydrogen-bond acceptors (Lipinski definition) is 7. The van der Waals surface area contributed by atoms with E-state index in [4.69, 9.17) is 21.3 Å². The Morgan fingerprint density at radius 1 is 1.20 bits per heavy atom. The van der Waals surface area contributed by atoms with Gasteiger partial charge < -0.3 is 14.5 Å². The summed E-state index contributed by atoms with van der Waals surface area (Å²) >= 11 is 6.94.